The SMILES string of the molecule is CC(C)N1c2cc(C#N)ccc2-n2c3cc4c(cc3c3cc(-c5ccc(C#N)cc5)cc1c32)c1ccccc1n4-c1ccccc1. The Labute approximate surface area is 266 Å². The summed E-state index contributed by atoms with van der Waals surface area (Å²) in [6.07, 6.45) is 0. The van der Waals surface area contributed by atoms with Gasteiger partial charge in [-0.15, -0.1) is 0 Å². The zero-order valence-corrected chi connectivity index (χ0v) is 25.4. The van der Waals surface area contributed by atoms with Crippen molar-refractivity contribution in [3.63, 3.8) is 0 Å². The lowest BCUT2D eigenvalue weighted by Crippen LogP contribution is -2.29. The van der Waals surface area contributed by atoms with Crippen LogP contribution in [0.4, 0.5) is 11.4 Å². The number of nitriles is 2. The molecule has 0 N–H and O–H groups in total. The number of aromatic nitrogens is 2. The highest BCUT2D eigenvalue weighted by molar-refractivity contribution is 6.22. The van der Waals surface area contributed by atoms with E-state index in [0.29, 0.717) is 11.1 Å². The Balaban J connectivity index is 1.47. The lowest BCUT2D eigenvalue weighted by molar-refractivity contribution is 0.781. The van der Waals surface area contributed by atoms with E-state index < -0.39 is 0 Å². The second-order valence-corrected chi connectivity index (χ2v) is 12.3. The normalized spacial score (nSPS) is 12.2. The van der Waals surface area contributed by atoms with Gasteiger partial charge in [0.15, 0.2) is 0 Å². The first-order valence-corrected chi connectivity index (χ1v) is 15.5. The van der Waals surface area contributed by atoms with Gasteiger partial charge >= 0.3 is 0 Å². The molecular formula is C41H27N5. The third-order valence-corrected chi connectivity index (χ3v) is 9.38. The predicted molar refractivity (Wildman–Crippen MR) is 187 cm³/mol. The van der Waals surface area contributed by atoms with E-state index in [1.807, 2.05) is 36.4 Å². The summed E-state index contributed by atoms with van der Waals surface area (Å²) in [5.41, 5.74) is 12.3. The smallest absolute Gasteiger partial charge is 0.0992 e. The summed E-state index contributed by atoms with van der Waals surface area (Å²) in [6, 6.07) is 47.1. The van der Waals surface area contributed by atoms with Crippen LogP contribution in [0.2, 0.25) is 0 Å². The first-order chi connectivity index (χ1) is 22.6. The summed E-state index contributed by atoms with van der Waals surface area (Å²) < 4.78 is 4.76. The molecule has 0 fully saturated rings. The molecule has 0 bridgehead atoms. The molecule has 5 nitrogen and oxygen atoms in total. The van der Waals surface area contributed by atoms with Gasteiger partial charge in [0.1, 0.15) is 0 Å². The summed E-state index contributed by atoms with van der Waals surface area (Å²) in [5, 5.41) is 24.1. The summed E-state index contributed by atoms with van der Waals surface area (Å²) >= 11 is 0. The van der Waals surface area contributed by atoms with Crippen LogP contribution in [0.3, 0.4) is 0 Å². The predicted octanol–water partition coefficient (Wildman–Crippen LogP) is 10.2. The van der Waals surface area contributed by atoms with Crippen LogP contribution in [0.25, 0.3) is 66.1 Å². The number of nitrogens with zero attached hydrogens (tertiary/aromatic N) is 5. The van der Waals surface area contributed by atoms with Crippen LogP contribution >= 0.6 is 0 Å². The topological polar surface area (TPSA) is 60.7 Å². The molecule has 6 aromatic carbocycles. The summed E-state index contributed by atoms with van der Waals surface area (Å²) in [4.78, 5) is 2.36. The van der Waals surface area contributed by atoms with Gasteiger partial charge in [-0.05, 0) is 97.8 Å². The molecule has 2 aromatic heterocycles. The highest BCUT2D eigenvalue weighted by atomic mass is 15.2. The molecule has 0 amide bonds. The molecule has 1 aliphatic heterocycles. The minimum Gasteiger partial charge on any atom is -0.335 e. The van der Waals surface area contributed by atoms with Gasteiger partial charge in [-0.3, -0.25) is 0 Å². The Bertz CT molecular complexity index is 2620. The van der Waals surface area contributed by atoms with Gasteiger partial charge in [-0.1, -0.05) is 48.5 Å². The van der Waals surface area contributed by atoms with Gasteiger partial charge in [0.2, 0.25) is 0 Å². The van der Waals surface area contributed by atoms with Crippen molar-refractivity contribution in [2.75, 3.05) is 4.90 Å². The highest BCUT2D eigenvalue weighted by Crippen LogP contribution is 2.50. The molecule has 9 rings (SSSR count). The van der Waals surface area contributed by atoms with E-state index in [1.54, 1.807) is 0 Å². The number of rotatable bonds is 3. The van der Waals surface area contributed by atoms with Crippen molar-refractivity contribution >= 4 is 55.0 Å². The van der Waals surface area contributed by atoms with E-state index in [9.17, 15) is 10.5 Å². The van der Waals surface area contributed by atoms with Crippen LogP contribution < -0.4 is 4.90 Å². The number of hydrogen-bond acceptors (Lipinski definition) is 3. The maximum absolute atomic E-state index is 9.90. The van der Waals surface area contributed by atoms with E-state index in [1.165, 1.54) is 27.1 Å². The Morgan fingerprint density at radius 3 is 1.96 bits per heavy atom. The van der Waals surface area contributed by atoms with Crippen molar-refractivity contribution < 1.29 is 0 Å². The summed E-state index contributed by atoms with van der Waals surface area (Å²) in [6.45, 7) is 4.40. The van der Waals surface area contributed by atoms with Crippen molar-refractivity contribution in [3.8, 4) is 34.6 Å². The average Bonchev–Trinajstić information content (AvgIpc) is 3.60. The van der Waals surface area contributed by atoms with Crippen LogP contribution in [-0.4, -0.2) is 15.2 Å². The van der Waals surface area contributed by atoms with Crippen molar-refractivity contribution in [1.82, 2.24) is 9.13 Å². The number of anilines is 2. The average molecular weight is 590 g/mol. The third-order valence-electron chi connectivity index (χ3n) is 9.38. The lowest BCUT2D eigenvalue weighted by Gasteiger charge is -2.36. The minimum absolute atomic E-state index is 0.143. The van der Waals surface area contributed by atoms with Crippen LogP contribution in [0.5, 0.6) is 0 Å². The van der Waals surface area contributed by atoms with Crippen LogP contribution in [0, 0.1) is 22.7 Å². The molecule has 3 heterocycles. The molecule has 0 aliphatic carbocycles. The Morgan fingerprint density at radius 1 is 0.500 bits per heavy atom. The van der Waals surface area contributed by atoms with Gasteiger partial charge in [0, 0.05) is 33.3 Å². The zero-order chi connectivity index (χ0) is 31.1. The lowest BCUT2D eigenvalue weighted by atomic mass is 9.98. The van der Waals surface area contributed by atoms with Gasteiger partial charge in [-0.2, -0.15) is 10.5 Å². The maximum Gasteiger partial charge on any atom is 0.0992 e. The highest BCUT2D eigenvalue weighted by Gasteiger charge is 2.31. The number of fused-ring (bicyclic) bond motifs is 8. The fourth-order valence-electron chi connectivity index (χ4n) is 7.44. The molecule has 0 spiro atoms. The molecule has 8 aromatic rings. The minimum atomic E-state index is 0.143. The first-order valence-electron chi connectivity index (χ1n) is 15.5. The molecule has 0 saturated heterocycles. The van der Waals surface area contributed by atoms with E-state index in [0.717, 1.165) is 50.4 Å². The largest absolute Gasteiger partial charge is 0.335 e. The van der Waals surface area contributed by atoms with Gasteiger partial charge in [-0.25, -0.2) is 0 Å². The Hall–Kier alpha value is -6.30. The van der Waals surface area contributed by atoms with Crippen molar-refractivity contribution in [2.45, 2.75) is 19.9 Å². The Morgan fingerprint density at radius 2 is 1.20 bits per heavy atom. The van der Waals surface area contributed by atoms with Gasteiger partial charge < -0.3 is 14.0 Å². The molecule has 216 valence electrons. The molecule has 46 heavy (non-hydrogen) atoms. The van der Waals surface area contributed by atoms with Crippen LogP contribution in [0.1, 0.15) is 25.0 Å². The van der Waals surface area contributed by atoms with Crippen molar-refractivity contribution in [3.05, 3.63) is 132 Å². The van der Waals surface area contributed by atoms with Gasteiger partial charge in [0.05, 0.1) is 62.4 Å². The molecule has 0 unspecified atom stereocenters. The fraction of sp³-hybridized carbons (Fsp3) is 0.0732. The first kappa shape index (κ1) is 26.1. The quantitative estimate of drug-likeness (QED) is 0.206. The van der Waals surface area contributed by atoms with Crippen LogP contribution in [-0.2, 0) is 0 Å². The summed E-state index contributed by atoms with van der Waals surface area (Å²) in [5.74, 6) is 0. The molecule has 0 saturated carbocycles. The summed E-state index contributed by atoms with van der Waals surface area (Å²) in [7, 11) is 0. The molecule has 0 atom stereocenters. The van der Waals surface area contributed by atoms with E-state index >= 15 is 0 Å². The Kier molecular flexibility index (Phi) is 5.45. The zero-order valence-electron chi connectivity index (χ0n) is 25.4. The monoisotopic (exact) mass is 589 g/mol. The standard InChI is InChI=1S/C41H27N5/c1-25(2)44-39-18-27(24-43)14-17-36(39)46-38-22-37-32(31-10-6-7-11-35(31)45(37)30-8-4-3-5-9-30)21-33(38)34-19-29(20-40(44)41(34)46)28-15-12-26(23-42)13-16-28/h3-22,25H,1-2H3. The fourth-order valence-corrected chi connectivity index (χ4v) is 7.44. The molecule has 5 heteroatoms. The number of hydrogen-bond donors (Lipinski definition) is 0. The van der Waals surface area contributed by atoms with Gasteiger partial charge in [0.25, 0.3) is 0 Å². The van der Waals surface area contributed by atoms with Crippen molar-refractivity contribution in [2.24, 2.45) is 0 Å². The van der Waals surface area contributed by atoms with E-state index in [4.69, 9.17) is 0 Å². The third kappa shape index (κ3) is 3.54. The van der Waals surface area contributed by atoms with Crippen molar-refractivity contribution in [1.29, 1.82) is 10.5 Å². The second-order valence-electron chi connectivity index (χ2n) is 12.3. The second kappa shape index (κ2) is 9.60. The van der Waals surface area contributed by atoms with E-state index in [2.05, 4.69) is 125 Å². The molecule has 0 radical (unpaired) electrons. The molecular weight excluding hydrogens is 562 g/mol. The molecule has 1 aliphatic rings. The van der Waals surface area contributed by atoms with E-state index in [-0.39, 0.29) is 6.04 Å². The number of benzene rings is 6. The maximum atomic E-state index is 9.90. The number of para-hydroxylation sites is 2. The van der Waals surface area contributed by atoms with Crippen LogP contribution in [0.15, 0.2) is 121 Å².